The molecule has 29 heavy (non-hydrogen) atoms. The number of nitrogens with one attached hydrogen (secondary N) is 3. The SMILES string of the molecule is CC(OC(=O)CCC1NC(=O)NC1=O)C(=O)N1c2ccccc2NC(=O)C1(C)C. The zero-order valence-corrected chi connectivity index (χ0v) is 16.3. The lowest BCUT2D eigenvalue weighted by Gasteiger charge is -2.42. The Morgan fingerprint density at radius 2 is 1.86 bits per heavy atom. The number of benzene rings is 1. The van der Waals surface area contributed by atoms with Crippen molar-refractivity contribution in [1.29, 1.82) is 0 Å². The summed E-state index contributed by atoms with van der Waals surface area (Å²) in [5.41, 5.74) is -0.180. The minimum atomic E-state index is -1.18. The highest BCUT2D eigenvalue weighted by atomic mass is 16.5. The summed E-state index contributed by atoms with van der Waals surface area (Å²) in [6.45, 7) is 4.63. The summed E-state index contributed by atoms with van der Waals surface area (Å²) in [5.74, 6) is -2.10. The van der Waals surface area contributed by atoms with Crippen molar-refractivity contribution in [2.45, 2.75) is 51.3 Å². The lowest BCUT2D eigenvalue weighted by molar-refractivity contribution is -0.154. The van der Waals surface area contributed by atoms with Crippen molar-refractivity contribution in [3.63, 3.8) is 0 Å². The highest BCUT2D eigenvalue weighted by Crippen LogP contribution is 2.37. The molecule has 0 bridgehead atoms. The smallest absolute Gasteiger partial charge is 0.322 e. The summed E-state index contributed by atoms with van der Waals surface area (Å²) >= 11 is 0. The van der Waals surface area contributed by atoms with Gasteiger partial charge in [0, 0.05) is 6.42 Å². The Labute approximate surface area is 166 Å². The monoisotopic (exact) mass is 402 g/mol. The number of urea groups is 1. The average molecular weight is 402 g/mol. The predicted octanol–water partition coefficient (Wildman–Crippen LogP) is 0.670. The predicted molar refractivity (Wildman–Crippen MR) is 102 cm³/mol. The number of carbonyl (C=O) groups is 5. The largest absolute Gasteiger partial charge is 0.453 e. The first-order valence-corrected chi connectivity index (χ1v) is 9.16. The lowest BCUT2D eigenvalue weighted by Crippen LogP contribution is -2.60. The van der Waals surface area contributed by atoms with E-state index >= 15 is 0 Å². The lowest BCUT2D eigenvalue weighted by atomic mass is 9.95. The van der Waals surface area contributed by atoms with E-state index in [1.165, 1.54) is 11.8 Å². The number of amides is 5. The summed E-state index contributed by atoms with van der Waals surface area (Å²) in [6, 6.07) is 5.44. The van der Waals surface area contributed by atoms with Gasteiger partial charge in [-0.05, 0) is 39.3 Å². The third-order valence-corrected chi connectivity index (χ3v) is 4.88. The molecule has 2 unspecified atom stereocenters. The molecule has 10 heteroatoms. The molecule has 3 N–H and O–H groups in total. The summed E-state index contributed by atoms with van der Waals surface area (Å²) in [4.78, 5) is 61.6. The van der Waals surface area contributed by atoms with Gasteiger partial charge in [-0.1, -0.05) is 12.1 Å². The van der Waals surface area contributed by atoms with Gasteiger partial charge in [-0.15, -0.1) is 0 Å². The van der Waals surface area contributed by atoms with E-state index < -0.39 is 41.5 Å². The van der Waals surface area contributed by atoms with Crippen LogP contribution in [0.15, 0.2) is 24.3 Å². The molecular formula is C19H22N4O6. The van der Waals surface area contributed by atoms with Gasteiger partial charge in [-0.2, -0.15) is 0 Å². The number of fused-ring (bicyclic) bond motifs is 1. The molecule has 3 rings (SSSR count). The van der Waals surface area contributed by atoms with Crippen LogP contribution >= 0.6 is 0 Å². The van der Waals surface area contributed by atoms with Gasteiger partial charge < -0.3 is 15.4 Å². The molecule has 0 saturated carbocycles. The molecule has 1 fully saturated rings. The molecule has 2 heterocycles. The third kappa shape index (κ3) is 3.91. The van der Waals surface area contributed by atoms with Gasteiger partial charge in [0.15, 0.2) is 6.10 Å². The van der Waals surface area contributed by atoms with Crippen LogP contribution in [0.2, 0.25) is 0 Å². The van der Waals surface area contributed by atoms with Gasteiger partial charge in [-0.25, -0.2) is 4.79 Å². The fourth-order valence-electron chi connectivity index (χ4n) is 3.26. The Bertz CT molecular complexity index is 896. The van der Waals surface area contributed by atoms with E-state index in [2.05, 4.69) is 16.0 Å². The van der Waals surface area contributed by atoms with Gasteiger partial charge in [0.25, 0.3) is 11.8 Å². The molecule has 5 amide bonds. The maximum absolute atomic E-state index is 13.1. The minimum absolute atomic E-state index is 0.0533. The highest BCUT2D eigenvalue weighted by Gasteiger charge is 2.45. The maximum atomic E-state index is 13.1. The third-order valence-electron chi connectivity index (χ3n) is 4.88. The van der Waals surface area contributed by atoms with Crippen molar-refractivity contribution in [3.05, 3.63) is 24.3 Å². The van der Waals surface area contributed by atoms with Crippen LogP contribution in [0.3, 0.4) is 0 Å². The van der Waals surface area contributed by atoms with E-state index in [1.807, 2.05) is 0 Å². The van der Waals surface area contributed by atoms with Crippen molar-refractivity contribution < 1.29 is 28.7 Å². The summed E-state index contributed by atoms with van der Waals surface area (Å²) < 4.78 is 5.22. The second-order valence-electron chi connectivity index (χ2n) is 7.39. The topological polar surface area (TPSA) is 134 Å². The van der Waals surface area contributed by atoms with Crippen LogP contribution in [0.25, 0.3) is 0 Å². The van der Waals surface area contributed by atoms with E-state index in [9.17, 15) is 24.0 Å². The highest BCUT2D eigenvalue weighted by molar-refractivity contribution is 6.15. The first kappa shape index (κ1) is 20.3. The summed E-state index contributed by atoms with van der Waals surface area (Å²) in [7, 11) is 0. The summed E-state index contributed by atoms with van der Waals surface area (Å²) in [5, 5.41) is 7.22. The van der Waals surface area contributed by atoms with Crippen molar-refractivity contribution in [2.24, 2.45) is 0 Å². The van der Waals surface area contributed by atoms with Crippen LogP contribution in [0.5, 0.6) is 0 Å². The second-order valence-corrected chi connectivity index (χ2v) is 7.39. The van der Waals surface area contributed by atoms with Crippen molar-refractivity contribution in [3.8, 4) is 0 Å². The van der Waals surface area contributed by atoms with E-state index in [0.29, 0.717) is 11.4 Å². The molecule has 2 aliphatic heterocycles. The number of rotatable bonds is 5. The number of hydrogen-bond acceptors (Lipinski definition) is 6. The Balaban J connectivity index is 1.67. The quantitative estimate of drug-likeness (QED) is 0.490. The molecule has 154 valence electrons. The van der Waals surface area contributed by atoms with E-state index in [0.717, 1.165) is 0 Å². The Morgan fingerprint density at radius 1 is 1.17 bits per heavy atom. The van der Waals surface area contributed by atoms with Crippen LogP contribution in [0.1, 0.15) is 33.6 Å². The fraction of sp³-hybridized carbons (Fsp3) is 0.421. The number of imide groups is 1. The first-order chi connectivity index (χ1) is 13.6. The van der Waals surface area contributed by atoms with Gasteiger partial charge in [0.05, 0.1) is 11.4 Å². The number of carbonyl (C=O) groups excluding carboxylic acids is 5. The van der Waals surface area contributed by atoms with E-state index in [4.69, 9.17) is 4.74 Å². The van der Waals surface area contributed by atoms with Crippen LogP contribution in [-0.2, 0) is 23.9 Å². The maximum Gasteiger partial charge on any atom is 0.322 e. The van der Waals surface area contributed by atoms with Gasteiger partial charge >= 0.3 is 12.0 Å². The molecule has 0 spiro atoms. The molecule has 1 aromatic carbocycles. The first-order valence-electron chi connectivity index (χ1n) is 9.16. The normalized spacial score (nSPS) is 20.9. The zero-order chi connectivity index (χ0) is 21.3. The summed E-state index contributed by atoms with van der Waals surface area (Å²) in [6.07, 6.45) is -1.25. The number of nitrogens with zero attached hydrogens (tertiary/aromatic N) is 1. The molecule has 10 nitrogen and oxygen atoms in total. The molecule has 1 saturated heterocycles. The Kier molecular flexibility index (Phi) is 5.27. The van der Waals surface area contributed by atoms with Crippen LogP contribution in [0.4, 0.5) is 16.2 Å². The minimum Gasteiger partial charge on any atom is -0.453 e. The second kappa shape index (κ2) is 7.53. The van der Waals surface area contributed by atoms with Crippen molar-refractivity contribution in [1.82, 2.24) is 10.6 Å². The zero-order valence-electron chi connectivity index (χ0n) is 16.3. The van der Waals surface area contributed by atoms with E-state index in [-0.39, 0.29) is 18.7 Å². The Hall–Kier alpha value is -3.43. The van der Waals surface area contributed by atoms with Gasteiger partial charge in [-0.3, -0.25) is 29.4 Å². The number of hydrogen-bond donors (Lipinski definition) is 3. The number of esters is 1. The molecule has 1 aromatic rings. The molecule has 2 aliphatic rings. The molecule has 0 radical (unpaired) electrons. The standard InChI is InChI=1S/C19H22N4O6/c1-10(29-14(24)9-8-12-15(25)22-18(28)21-12)16(26)23-13-7-5-4-6-11(13)20-17(27)19(23,2)3/h4-7,10,12H,8-9H2,1-3H3,(H,20,27)(H2,21,22,25,28). The number of ether oxygens (including phenoxy) is 1. The van der Waals surface area contributed by atoms with Crippen LogP contribution in [-0.4, -0.2) is 47.4 Å². The number of anilines is 2. The van der Waals surface area contributed by atoms with Crippen LogP contribution < -0.4 is 20.9 Å². The molecule has 0 aromatic heterocycles. The molecular weight excluding hydrogens is 380 g/mol. The molecule has 0 aliphatic carbocycles. The average Bonchev–Trinajstić information content (AvgIpc) is 2.97. The fourth-order valence-corrected chi connectivity index (χ4v) is 3.26. The van der Waals surface area contributed by atoms with Gasteiger partial charge in [0.1, 0.15) is 11.6 Å². The van der Waals surface area contributed by atoms with Crippen molar-refractivity contribution in [2.75, 3.05) is 10.2 Å². The van der Waals surface area contributed by atoms with Gasteiger partial charge in [0.2, 0.25) is 5.91 Å². The number of para-hydroxylation sites is 2. The van der Waals surface area contributed by atoms with Crippen LogP contribution in [0, 0.1) is 0 Å². The van der Waals surface area contributed by atoms with E-state index in [1.54, 1.807) is 38.1 Å². The van der Waals surface area contributed by atoms with Crippen molar-refractivity contribution >= 4 is 41.1 Å². The molecule has 2 atom stereocenters. The Morgan fingerprint density at radius 3 is 2.52 bits per heavy atom.